The molecule has 0 aromatic carbocycles. The summed E-state index contributed by atoms with van der Waals surface area (Å²) in [6, 6.07) is 1.86. The van der Waals surface area contributed by atoms with Crippen molar-refractivity contribution in [1.29, 1.82) is 0 Å². The third-order valence-corrected chi connectivity index (χ3v) is 5.44. The molecule has 2 saturated heterocycles. The molecule has 6 unspecified atom stereocenters. The fourth-order valence-electron chi connectivity index (χ4n) is 5.22. The zero-order chi connectivity index (χ0) is 8.74. The lowest BCUT2D eigenvalue weighted by molar-refractivity contribution is 0.172. The number of likely N-dealkylation sites (N-methyl/N-ethyl adjacent to an activating group) is 2. The fraction of sp³-hybridized carbons (Fsp3) is 1.00. The van der Waals surface area contributed by atoms with Gasteiger partial charge in [-0.15, -0.1) is 0 Å². The molecule has 0 aromatic heterocycles. The van der Waals surface area contributed by atoms with Crippen molar-refractivity contribution in [3.63, 3.8) is 0 Å². The van der Waals surface area contributed by atoms with E-state index < -0.39 is 0 Å². The fourth-order valence-corrected chi connectivity index (χ4v) is 5.22. The van der Waals surface area contributed by atoms with E-state index in [4.69, 9.17) is 0 Å². The number of likely N-dealkylation sites (tertiary alicyclic amines) is 2. The Morgan fingerprint density at radius 3 is 1.69 bits per heavy atom. The number of hydrogen-bond donors (Lipinski definition) is 0. The highest BCUT2D eigenvalue weighted by molar-refractivity contribution is 5.19. The molecule has 13 heavy (non-hydrogen) atoms. The first-order valence-corrected chi connectivity index (χ1v) is 5.68. The van der Waals surface area contributed by atoms with Gasteiger partial charge in [0.2, 0.25) is 0 Å². The van der Waals surface area contributed by atoms with Crippen LogP contribution in [0.4, 0.5) is 0 Å². The second-order valence-corrected chi connectivity index (χ2v) is 5.75. The molecule has 0 N–H and O–H groups in total. The molecule has 0 aromatic rings. The van der Waals surface area contributed by atoms with Gasteiger partial charge in [-0.05, 0) is 44.2 Å². The predicted octanol–water partition coefficient (Wildman–Crippen LogP) is 0.496. The maximum Gasteiger partial charge on any atom is 0.0282 e. The van der Waals surface area contributed by atoms with E-state index in [1.165, 1.54) is 13.1 Å². The Morgan fingerprint density at radius 1 is 0.769 bits per heavy atom. The van der Waals surface area contributed by atoms with E-state index in [0.29, 0.717) is 0 Å². The van der Waals surface area contributed by atoms with Crippen LogP contribution in [0.1, 0.15) is 6.42 Å². The Bertz CT molecular complexity index is 235. The molecule has 4 aliphatic rings. The Hall–Kier alpha value is -0.0800. The molecule has 6 atom stereocenters. The quantitative estimate of drug-likeness (QED) is 0.533. The van der Waals surface area contributed by atoms with Crippen LogP contribution in [-0.2, 0) is 0 Å². The summed E-state index contributed by atoms with van der Waals surface area (Å²) in [6.45, 7) is 2.81. The summed E-state index contributed by atoms with van der Waals surface area (Å²) in [5, 5.41) is 0. The summed E-state index contributed by atoms with van der Waals surface area (Å²) < 4.78 is 0. The molecule has 4 rings (SSSR count). The number of nitrogens with zero attached hydrogens (tertiary/aromatic N) is 2. The molecule has 2 aliphatic heterocycles. The number of fused-ring (bicyclic) bond motifs is 2. The van der Waals surface area contributed by atoms with Gasteiger partial charge in [0, 0.05) is 25.2 Å². The van der Waals surface area contributed by atoms with Crippen LogP contribution in [0.5, 0.6) is 0 Å². The van der Waals surface area contributed by atoms with Crippen molar-refractivity contribution >= 4 is 0 Å². The Labute approximate surface area is 79.9 Å². The molecule has 2 nitrogen and oxygen atoms in total. The van der Waals surface area contributed by atoms with Crippen molar-refractivity contribution in [2.45, 2.75) is 18.5 Å². The number of rotatable bonds is 0. The van der Waals surface area contributed by atoms with Crippen molar-refractivity contribution in [2.75, 3.05) is 27.2 Å². The van der Waals surface area contributed by atoms with Crippen LogP contribution >= 0.6 is 0 Å². The van der Waals surface area contributed by atoms with Gasteiger partial charge in [-0.3, -0.25) is 0 Å². The van der Waals surface area contributed by atoms with Crippen LogP contribution < -0.4 is 0 Å². The molecule has 2 heterocycles. The topological polar surface area (TPSA) is 6.48 Å². The van der Waals surface area contributed by atoms with Crippen LogP contribution in [0.25, 0.3) is 0 Å². The molecular formula is C11H18N2. The molecule has 72 valence electrons. The van der Waals surface area contributed by atoms with E-state index >= 15 is 0 Å². The normalized spacial score (nSPS) is 64.2. The maximum absolute atomic E-state index is 2.65. The molecule has 2 aliphatic carbocycles. The predicted molar refractivity (Wildman–Crippen MR) is 51.4 cm³/mol. The third kappa shape index (κ3) is 0.608. The van der Waals surface area contributed by atoms with Crippen LogP contribution in [0.15, 0.2) is 0 Å². The summed E-state index contributed by atoms with van der Waals surface area (Å²) in [6.07, 6.45) is 1.55. The standard InChI is InChI=1S/C11H18N2/c1-12-4-8-6-3-7-9(8)5-13(2)11(7)10(6)12/h6-11H,3-5H2,1-2H3. The monoisotopic (exact) mass is 178 g/mol. The lowest BCUT2D eigenvalue weighted by atomic mass is 9.81. The first-order valence-electron chi connectivity index (χ1n) is 5.68. The summed E-state index contributed by atoms with van der Waals surface area (Å²) >= 11 is 0. The molecule has 2 bridgehead atoms. The van der Waals surface area contributed by atoms with Crippen LogP contribution in [-0.4, -0.2) is 49.1 Å². The van der Waals surface area contributed by atoms with E-state index in [2.05, 4.69) is 23.9 Å². The molecule has 4 fully saturated rings. The first kappa shape index (κ1) is 7.24. The van der Waals surface area contributed by atoms with Crippen molar-refractivity contribution < 1.29 is 0 Å². The first-order chi connectivity index (χ1) is 6.27. The van der Waals surface area contributed by atoms with E-state index in [-0.39, 0.29) is 0 Å². The van der Waals surface area contributed by atoms with Crippen molar-refractivity contribution in [1.82, 2.24) is 9.80 Å². The smallest absolute Gasteiger partial charge is 0.0282 e. The average Bonchev–Trinajstić information content (AvgIpc) is 2.67. The molecular weight excluding hydrogens is 160 g/mol. The van der Waals surface area contributed by atoms with Crippen molar-refractivity contribution in [2.24, 2.45) is 23.7 Å². The number of hydrogen-bond acceptors (Lipinski definition) is 2. The second kappa shape index (κ2) is 1.96. The van der Waals surface area contributed by atoms with Gasteiger partial charge in [-0.25, -0.2) is 0 Å². The van der Waals surface area contributed by atoms with E-state index in [1.54, 1.807) is 6.42 Å². The van der Waals surface area contributed by atoms with Crippen LogP contribution in [0.2, 0.25) is 0 Å². The minimum absolute atomic E-state index is 0.929. The highest BCUT2D eigenvalue weighted by Crippen LogP contribution is 2.62. The minimum atomic E-state index is 0.929. The van der Waals surface area contributed by atoms with Crippen molar-refractivity contribution in [3.05, 3.63) is 0 Å². The lowest BCUT2D eigenvalue weighted by Gasteiger charge is -2.30. The lowest BCUT2D eigenvalue weighted by Crippen LogP contribution is -2.44. The SMILES string of the molecule is CN1CC2C3CN(C)C4C3CC2C41. The Morgan fingerprint density at radius 2 is 1.23 bits per heavy atom. The largest absolute Gasteiger partial charge is 0.301 e. The minimum Gasteiger partial charge on any atom is -0.301 e. The molecule has 2 saturated carbocycles. The van der Waals surface area contributed by atoms with E-state index in [0.717, 1.165) is 35.8 Å². The van der Waals surface area contributed by atoms with Gasteiger partial charge in [-0.1, -0.05) is 0 Å². The zero-order valence-electron chi connectivity index (χ0n) is 8.48. The van der Waals surface area contributed by atoms with Gasteiger partial charge in [-0.2, -0.15) is 0 Å². The highest BCUT2D eigenvalue weighted by Gasteiger charge is 2.66. The maximum atomic E-state index is 2.65. The molecule has 0 spiro atoms. The van der Waals surface area contributed by atoms with Gasteiger partial charge in [0.1, 0.15) is 0 Å². The summed E-state index contributed by atoms with van der Waals surface area (Å²) in [5.41, 5.74) is 0. The van der Waals surface area contributed by atoms with Crippen molar-refractivity contribution in [3.8, 4) is 0 Å². The van der Waals surface area contributed by atoms with Gasteiger partial charge < -0.3 is 9.80 Å². The van der Waals surface area contributed by atoms with Gasteiger partial charge in [0.15, 0.2) is 0 Å². The van der Waals surface area contributed by atoms with Gasteiger partial charge in [0.05, 0.1) is 0 Å². The Kier molecular flexibility index (Phi) is 1.09. The summed E-state index contributed by atoms with van der Waals surface area (Å²) in [7, 11) is 4.68. The van der Waals surface area contributed by atoms with Crippen LogP contribution in [0, 0.1) is 23.7 Å². The molecule has 0 amide bonds. The molecule has 0 radical (unpaired) electrons. The van der Waals surface area contributed by atoms with E-state index in [9.17, 15) is 0 Å². The molecule has 2 heteroatoms. The summed E-state index contributed by atoms with van der Waals surface area (Å²) in [5.74, 6) is 4.30. The van der Waals surface area contributed by atoms with Gasteiger partial charge in [0.25, 0.3) is 0 Å². The Balaban J connectivity index is 1.86. The highest BCUT2D eigenvalue weighted by atomic mass is 15.3. The zero-order valence-corrected chi connectivity index (χ0v) is 8.48. The second-order valence-electron chi connectivity index (χ2n) is 5.75. The average molecular weight is 178 g/mol. The van der Waals surface area contributed by atoms with E-state index in [1.807, 2.05) is 0 Å². The third-order valence-electron chi connectivity index (χ3n) is 5.44. The van der Waals surface area contributed by atoms with Gasteiger partial charge >= 0.3 is 0 Å². The van der Waals surface area contributed by atoms with Crippen LogP contribution in [0.3, 0.4) is 0 Å². The summed E-state index contributed by atoms with van der Waals surface area (Å²) in [4.78, 5) is 5.30.